The van der Waals surface area contributed by atoms with Gasteiger partial charge in [0, 0.05) is 61.7 Å². The molecule has 2 N–H and O–H groups in total. The minimum absolute atomic E-state index is 0.0151. The lowest BCUT2D eigenvalue weighted by Gasteiger charge is -2.48. The van der Waals surface area contributed by atoms with Crippen LogP contribution in [0.2, 0.25) is 0 Å². The van der Waals surface area contributed by atoms with Gasteiger partial charge in [0.1, 0.15) is 5.78 Å². The van der Waals surface area contributed by atoms with Crippen LogP contribution in [0.1, 0.15) is 88.5 Å². The molecule has 1 aliphatic rings. The van der Waals surface area contributed by atoms with Crippen molar-refractivity contribution in [2.24, 2.45) is 23.2 Å². The smallest absolute Gasteiger partial charge is 0.222 e. The summed E-state index contributed by atoms with van der Waals surface area (Å²) in [6, 6.07) is 0.918. The second kappa shape index (κ2) is 13.4. The minimum atomic E-state index is -0.283. The third kappa shape index (κ3) is 9.58. The van der Waals surface area contributed by atoms with Crippen molar-refractivity contribution in [3.63, 3.8) is 0 Å². The fourth-order valence-electron chi connectivity index (χ4n) is 5.50. The van der Waals surface area contributed by atoms with E-state index in [-0.39, 0.29) is 28.6 Å². The van der Waals surface area contributed by atoms with E-state index in [1.807, 2.05) is 14.0 Å². The summed E-state index contributed by atoms with van der Waals surface area (Å²) in [5.41, 5.74) is -0.268. The first kappa shape index (κ1) is 31.1. The van der Waals surface area contributed by atoms with E-state index in [2.05, 4.69) is 75.8 Å². The number of amides is 1. The highest BCUT2D eigenvalue weighted by atomic mass is 16.1. The summed E-state index contributed by atoms with van der Waals surface area (Å²) in [6.45, 7) is 26.3. The van der Waals surface area contributed by atoms with Crippen LogP contribution in [0.4, 0.5) is 0 Å². The van der Waals surface area contributed by atoms with Crippen LogP contribution < -0.4 is 10.6 Å². The highest BCUT2D eigenvalue weighted by Gasteiger charge is 2.37. The van der Waals surface area contributed by atoms with E-state index in [9.17, 15) is 9.59 Å². The summed E-state index contributed by atoms with van der Waals surface area (Å²) in [5, 5.41) is 6.48. The van der Waals surface area contributed by atoms with Crippen LogP contribution in [-0.2, 0) is 9.59 Å². The maximum Gasteiger partial charge on any atom is 0.222 e. The summed E-state index contributed by atoms with van der Waals surface area (Å²) >= 11 is 0. The lowest BCUT2D eigenvalue weighted by Crippen LogP contribution is -2.57. The lowest BCUT2D eigenvalue weighted by atomic mass is 9.76. The molecule has 1 heterocycles. The number of carbonyl (C=O) groups excluding carboxylic acids is 2. The van der Waals surface area contributed by atoms with E-state index in [1.165, 1.54) is 0 Å². The van der Waals surface area contributed by atoms with Gasteiger partial charge in [-0.3, -0.25) is 19.4 Å². The average molecular weight is 481 g/mol. The number of nitrogens with zero attached hydrogens (tertiary/aromatic N) is 2. The molecular weight excluding hydrogens is 424 g/mol. The molecule has 0 aromatic carbocycles. The van der Waals surface area contributed by atoms with Gasteiger partial charge in [-0.05, 0) is 72.8 Å². The first-order chi connectivity index (χ1) is 15.6. The van der Waals surface area contributed by atoms with E-state index < -0.39 is 0 Å². The number of Topliss-reactive ketones (excluding diaryl/α,β-unsaturated/α-hetero) is 1. The number of ketones is 1. The summed E-state index contributed by atoms with van der Waals surface area (Å²) in [5.74, 6) is 1.41. The quantitative estimate of drug-likeness (QED) is 0.390. The number of hydrogen-bond acceptors (Lipinski definition) is 5. The summed E-state index contributed by atoms with van der Waals surface area (Å²) < 4.78 is 0. The summed E-state index contributed by atoms with van der Waals surface area (Å²) in [6.07, 6.45) is 2.87. The molecule has 6 heteroatoms. The highest BCUT2D eigenvalue weighted by Crippen LogP contribution is 2.33. The van der Waals surface area contributed by atoms with Gasteiger partial charge in [0.05, 0.1) is 0 Å². The van der Waals surface area contributed by atoms with Crippen LogP contribution >= 0.6 is 0 Å². The zero-order valence-electron chi connectivity index (χ0n) is 24.3. The molecule has 6 nitrogen and oxygen atoms in total. The fraction of sp³-hybridized carbons (Fsp3) is 0.929. The minimum Gasteiger partial charge on any atom is -0.356 e. The van der Waals surface area contributed by atoms with Gasteiger partial charge in [-0.15, -0.1) is 0 Å². The van der Waals surface area contributed by atoms with Crippen LogP contribution in [-0.4, -0.2) is 78.9 Å². The van der Waals surface area contributed by atoms with Gasteiger partial charge in [0.15, 0.2) is 0 Å². The van der Waals surface area contributed by atoms with Crippen LogP contribution in [0.5, 0.6) is 0 Å². The first-order valence-electron chi connectivity index (χ1n) is 13.6. The van der Waals surface area contributed by atoms with Crippen molar-refractivity contribution in [3.05, 3.63) is 0 Å². The normalized spacial score (nSPS) is 20.9. The van der Waals surface area contributed by atoms with Crippen molar-refractivity contribution in [1.82, 2.24) is 20.4 Å². The molecule has 0 spiro atoms. The van der Waals surface area contributed by atoms with E-state index >= 15 is 0 Å². The Morgan fingerprint density at radius 3 is 1.97 bits per heavy atom. The topological polar surface area (TPSA) is 64.7 Å². The van der Waals surface area contributed by atoms with Gasteiger partial charge in [-0.25, -0.2) is 0 Å². The van der Waals surface area contributed by atoms with E-state index in [0.29, 0.717) is 23.9 Å². The van der Waals surface area contributed by atoms with Crippen molar-refractivity contribution < 1.29 is 9.59 Å². The number of rotatable bonds is 14. The Morgan fingerprint density at radius 2 is 1.47 bits per heavy atom. The number of piperazine rings is 1. The predicted octanol–water partition coefficient (Wildman–Crippen LogP) is 4.19. The molecule has 0 aromatic heterocycles. The Morgan fingerprint density at radius 1 is 0.912 bits per heavy atom. The molecule has 0 radical (unpaired) electrons. The van der Waals surface area contributed by atoms with Gasteiger partial charge in [0.2, 0.25) is 5.91 Å². The van der Waals surface area contributed by atoms with Crippen molar-refractivity contribution in [2.75, 3.05) is 39.8 Å². The zero-order chi connectivity index (χ0) is 26.3. The largest absolute Gasteiger partial charge is 0.356 e. The van der Waals surface area contributed by atoms with Crippen LogP contribution in [0, 0.1) is 23.2 Å². The molecule has 1 aliphatic heterocycles. The molecule has 34 heavy (non-hydrogen) atoms. The van der Waals surface area contributed by atoms with Crippen LogP contribution in [0.25, 0.3) is 0 Å². The Labute approximate surface area is 211 Å². The molecule has 1 rings (SSSR count). The standard InChI is InChI=1S/C28H56N4O2/c1-20(18-30-26(34)22(3)17-21(2)24(5)29-11)16-23(4)31-12-14-32(15-13-31)28(9,10)19-27(7,8)25(6)33/h20-24,29H,12-19H2,1-11H3,(H,30,34). The van der Waals surface area contributed by atoms with Crippen LogP contribution in [0.15, 0.2) is 0 Å². The lowest BCUT2D eigenvalue weighted by molar-refractivity contribution is -0.127. The van der Waals surface area contributed by atoms with E-state index in [4.69, 9.17) is 0 Å². The zero-order valence-corrected chi connectivity index (χ0v) is 24.3. The van der Waals surface area contributed by atoms with Gasteiger partial charge >= 0.3 is 0 Å². The number of hydrogen-bond donors (Lipinski definition) is 2. The number of carbonyl (C=O) groups is 2. The maximum absolute atomic E-state index is 12.6. The fourth-order valence-corrected chi connectivity index (χ4v) is 5.50. The molecule has 5 atom stereocenters. The molecule has 200 valence electrons. The van der Waals surface area contributed by atoms with E-state index in [0.717, 1.165) is 52.0 Å². The third-order valence-corrected chi connectivity index (χ3v) is 8.47. The second-order valence-electron chi connectivity index (χ2n) is 12.6. The van der Waals surface area contributed by atoms with Gasteiger partial charge in [0.25, 0.3) is 0 Å². The SMILES string of the molecule is CNC(C)C(C)CC(C)C(=O)NCC(C)CC(C)N1CCN(C(C)(C)CC(C)(C)C(C)=O)CC1. The Bertz CT molecular complexity index is 640. The van der Waals surface area contributed by atoms with Gasteiger partial charge in [-0.2, -0.15) is 0 Å². The molecular formula is C28H56N4O2. The highest BCUT2D eigenvalue weighted by molar-refractivity contribution is 5.81. The Kier molecular flexibility index (Phi) is 12.2. The third-order valence-electron chi connectivity index (χ3n) is 8.47. The van der Waals surface area contributed by atoms with Crippen LogP contribution in [0.3, 0.4) is 0 Å². The second-order valence-corrected chi connectivity index (χ2v) is 12.6. The van der Waals surface area contributed by atoms with Crippen molar-refractivity contribution >= 4 is 11.7 Å². The molecule has 0 bridgehead atoms. The maximum atomic E-state index is 12.6. The average Bonchev–Trinajstić information content (AvgIpc) is 2.75. The van der Waals surface area contributed by atoms with E-state index in [1.54, 1.807) is 6.92 Å². The van der Waals surface area contributed by atoms with Crippen molar-refractivity contribution in [1.29, 1.82) is 0 Å². The first-order valence-corrected chi connectivity index (χ1v) is 13.6. The van der Waals surface area contributed by atoms with Crippen molar-refractivity contribution in [3.8, 4) is 0 Å². The summed E-state index contributed by atoms with van der Waals surface area (Å²) in [4.78, 5) is 29.8. The molecule has 5 unspecified atom stereocenters. The molecule has 0 aromatic rings. The Balaban J connectivity index is 2.44. The monoisotopic (exact) mass is 480 g/mol. The molecule has 1 amide bonds. The molecule has 1 fully saturated rings. The van der Waals surface area contributed by atoms with Gasteiger partial charge in [-0.1, -0.05) is 34.6 Å². The Hall–Kier alpha value is -0.980. The van der Waals surface area contributed by atoms with Gasteiger partial charge < -0.3 is 10.6 Å². The summed E-state index contributed by atoms with van der Waals surface area (Å²) in [7, 11) is 1.98. The number of nitrogens with one attached hydrogen (secondary N) is 2. The van der Waals surface area contributed by atoms with Crippen molar-refractivity contribution in [2.45, 2.75) is 106 Å². The predicted molar refractivity (Wildman–Crippen MR) is 144 cm³/mol. The molecule has 0 aliphatic carbocycles. The molecule has 0 saturated carbocycles. The molecule has 1 saturated heterocycles.